The maximum absolute atomic E-state index is 11.7. The van der Waals surface area contributed by atoms with Crippen LogP contribution < -0.4 is 0 Å². The second-order valence-corrected chi connectivity index (χ2v) is 7.34. The molecule has 1 heterocycles. The van der Waals surface area contributed by atoms with Crippen LogP contribution in [-0.4, -0.2) is 30.6 Å². The predicted molar refractivity (Wildman–Crippen MR) is 104 cm³/mol. The van der Waals surface area contributed by atoms with Crippen molar-refractivity contribution in [2.24, 2.45) is 0 Å². The Hall–Kier alpha value is -1.65. The molecule has 0 N–H and O–H groups in total. The minimum atomic E-state index is -0.239. The van der Waals surface area contributed by atoms with Crippen molar-refractivity contribution in [2.75, 3.05) is 19.7 Å². The molecule has 2 aromatic carbocycles. The van der Waals surface area contributed by atoms with E-state index in [2.05, 4.69) is 57.2 Å². The number of nitrogens with zero attached hydrogens (tertiary/aromatic N) is 1. The average Bonchev–Trinajstić information content (AvgIpc) is 2.65. The number of hydrogen-bond acceptors (Lipinski definition) is 3. The van der Waals surface area contributed by atoms with Gasteiger partial charge in [0.25, 0.3) is 0 Å². The molecule has 1 saturated heterocycles. The molecule has 0 bridgehead atoms. The summed E-state index contributed by atoms with van der Waals surface area (Å²) >= 11 is 3.64. The van der Waals surface area contributed by atoms with Gasteiger partial charge in [-0.15, -0.1) is 0 Å². The predicted octanol–water partition coefficient (Wildman–Crippen LogP) is 5.01. The van der Waals surface area contributed by atoms with Crippen LogP contribution in [0.4, 0.5) is 0 Å². The lowest BCUT2D eigenvalue weighted by molar-refractivity contribution is 0.0526. The zero-order valence-corrected chi connectivity index (χ0v) is 16.2. The smallest absolute Gasteiger partial charge is 0.338 e. The Morgan fingerprint density at radius 3 is 2.44 bits per heavy atom. The molecule has 3 rings (SSSR count). The fraction of sp³-hybridized carbons (Fsp3) is 0.381. The summed E-state index contributed by atoms with van der Waals surface area (Å²) in [5, 5.41) is 0. The minimum absolute atomic E-state index is 0.239. The summed E-state index contributed by atoms with van der Waals surface area (Å²) in [5.41, 5.74) is 3.31. The van der Waals surface area contributed by atoms with E-state index >= 15 is 0 Å². The highest BCUT2D eigenvalue weighted by atomic mass is 79.9. The van der Waals surface area contributed by atoms with E-state index in [1.807, 2.05) is 19.1 Å². The molecule has 0 unspecified atom stereocenters. The van der Waals surface area contributed by atoms with Gasteiger partial charge in [0.05, 0.1) is 12.2 Å². The standard InChI is InChI=1S/C21H24BrNO2/c1-2-25-21(24)18-9-7-16(8-10-18)17-11-13-23(14-12-17)15-19-5-3-4-6-20(19)22/h3-10,17H,2,11-15H2,1H3. The number of carbonyl (C=O) groups is 1. The number of likely N-dealkylation sites (tertiary alicyclic amines) is 1. The van der Waals surface area contributed by atoms with Gasteiger partial charge in [-0.3, -0.25) is 4.90 Å². The highest BCUT2D eigenvalue weighted by Gasteiger charge is 2.21. The van der Waals surface area contributed by atoms with Gasteiger partial charge in [0, 0.05) is 11.0 Å². The number of hydrogen-bond donors (Lipinski definition) is 0. The van der Waals surface area contributed by atoms with E-state index in [9.17, 15) is 4.79 Å². The SMILES string of the molecule is CCOC(=O)c1ccc(C2CCN(Cc3ccccc3Br)CC2)cc1. The van der Waals surface area contributed by atoms with Crippen LogP contribution in [0.25, 0.3) is 0 Å². The number of piperidine rings is 1. The van der Waals surface area contributed by atoms with Crippen molar-refractivity contribution >= 4 is 21.9 Å². The molecular weight excluding hydrogens is 378 g/mol. The quantitative estimate of drug-likeness (QED) is 0.659. The summed E-state index contributed by atoms with van der Waals surface area (Å²) in [6.45, 7) is 5.44. The molecule has 0 atom stereocenters. The van der Waals surface area contributed by atoms with E-state index in [0.717, 1.165) is 32.5 Å². The topological polar surface area (TPSA) is 29.5 Å². The van der Waals surface area contributed by atoms with E-state index in [-0.39, 0.29) is 5.97 Å². The maximum Gasteiger partial charge on any atom is 0.338 e. The minimum Gasteiger partial charge on any atom is -0.462 e. The van der Waals surface area contributed by atoms with Gasteiger partial charge in [0.15, 0.2) is 0 Å². The van der Waals surface area contributed by atoms with Crippen LogP contribution in [-0.2, 0) is 11.3 Å². The van der Waals surface area contributed by atoms with Crippen molar-refractivity contribution in [3.8, 4) is 0 Å². The summed E-state index contributed by atoms with van der Waals surface area (Å²) < 4.78 is 6.23. The highest BCUT2D eigenvalue weighted by Crippen LogP contribution is 2.29. The molecule has 1 aliphatic rings. The first-order valence-corrected chi connectivity index (χ1v) is 9.69. The molecule has 0 radical (unpaired) electrons. The van der Waals surface area contributed by atoms with Crippen molar-refractivity contribution in [2.45, 2.75) is 32.2 Å². The van der Waals surface area contributed by atoms with Crippen LogP contribution in [0, 0.1) is 0 Å². The molecule has 0 spiro atoms. The van der Waals surface area contributed by atoms with Crippen molar-refractivity contribution < 1.29 is 9.53 Å². The molecule has 0 aromatic heterocycles. The monoisotopic (exact) mass is 401 g/mol. The Labute approximate surface area is 158 Å². The first-order chi connectivity index (χ1) is 12.2. The Morgan fingerprint density at radius 2 is 1.80 bits per heavy atom. The number of rotatable bonds is 5. The Kier molecular flexibility index (Phi) is 6.27. The summed E-state index contributed by atoms with van der Waals surface area (Å²) in [6, 6.07) is 16.4. The van der Waals surface area contributed by atoms with Crippen molar-refractivity contribution in [3.05, 3.63) is 69.7 Å². The summed E-state index contributed by atoms with van der Waals surface area (Å²) in [6.07, 6.45) is 2.31. The third-order valence-electron chi connectivity index (χ3n) is 4.83. The van der Waals surface area contributed by atoms with Gasteiger partial charge in [0.1, 0.15) is 0 Å². The largest absolute Gasteiger partial charge is 0.462 e. The van der Waals surface area contributed by atoms with E-state index < -0.39 is 0 Å². The third kappa shape index (κ3) is 4.71. The summed E-state index contributed by atoms with van der Waals surface area (Å²) in [7, 11) is 0. The lowest BCUT2D eigenvalue weighted by Crippen LogP contribution is -2.32. The van der Waals surface area contributed by atoms with Gasteiger partial charge in [-0.25, -0.2) is 4.79 Å². The van der Waals surface area contributed by atoms with Crippen LogP contribution in [0.3, 0.4) is 0 Å². The zero-order valence-electron chi connectivity index (χ0n) is 14.6. The van der Waals surface area contributed by atoms with Crippen LogP contribution >= 0.6 is 15.9 Å². The molecule has 25 heavy (non-hydrogen) atoms. The molecular formula is C21H24BrNO2. The first kappa shape index (κ1) is 18.2. The van der Waals surface area contributed by atoms with E-state index in [1.165, 1.54) is 15.6 Å². The second-order valence-electron chi connectivity index (χ2n) is 6.48. The van der Waals surface area contributed by atoms with Crippen LogP contribution in [0.1, 0.15) is 47.2 Å². The van der Waals surface area contributed by atoms with Crippen molar-refractivity contribution in [1.82, 2.24) is 4.90 Å². The van der Waals surface area contributed by atoms with Gasteiger partial charge in [-0.1, -0.05) is 46.3 Å². The molecule has 0 saturated carbocycles. The molecule has 2 aromatic rings. The van der Waals surface area contributed by atoms with Gasteiger partial charge >= 0.3 is 5.97 Å². The first-order valence-electron chi connectivity index (χ1n) is 8.90. The molecule has 132 valence electrons. The van der Waals surface area contributed by atoms with Gasteiger partial charge in [-0.05, 0) is 68.1 Å². The Morgan fingerprint density at radius 1 is 1.12 bits per heavy atom. The van der Waals surface area contributed by atoms with Gasteiger partial charge in [-0.2, -0.15) is 0 Å². The van der Waals surface area contributed by atoms with Gasteiger partial charge in [0.2, 0.25) is 0 Å². The molecule has 1 aliphatic heterocycles. The lowest BCUT2D eigenvalue weighted by Gasteiger charge is -2.32. The molecule has 4 heteroatoms. The van der Waals surface area contributed by atoms with Crippen LogP contribution in [0.15, 0.2) is 53.0 Å². The lowest BCUT2D eigenvalue weighted by atomic mass is 9.89. The fourth-order valence-electron chi connectivity index (χ4n) is 3.40. The zero-order chi connectivity index (χ0) is 17.6. The van der Waals surface area contributed by atoms with Crippen molar-refractivity contribution in [1.29, 1.82) is 0 Å². The number of esters is 1. The second kappa shape index (κ2) is 8.63. The highest BCUT2D eigenvalue weighted by molar-refractivity contribution is 9.10. The number of halogens is 1. The average molecular weight is 402 g/mol. The van der Waals surface area contributed by atoms with Crippen LogP contribution in [0.5, 0.6) is 0 Å². The Balaban J connectivity index is 1.55. The molecule has 0 aliphatic carbocycles. The van der Waals surface area contributed by atoms with Crippen molar-refractivity contribution in [3.63, 3.8) is 0 Å². The third-order valence-corrected chi connectivity index (χ3v) is 5.61. The molecule has 3 nitrogen and oxygen atoms in total. The fourth-order valence-corrected chi connectivity index (χ4v) is 3.81. The molecule has 1 fully saturated rings. The maximum atomic E-state index is 11.7. The van der Waals surface area contributed by atoms with E-state index in [0.29, 0.717) is 18.1 Å². The number of ether oxygens (including phenoxy) is 1. The van der Waals surface area contributed by atoms with Gasteiger partial charge < -0.3 is 4.74 Å². The van der Waals surface area contributed by atoms with E-state index in [4.69, 9.17) is 4.74 Å². The Bertz CT molecular complexity index is 706. The number of carbonyl (C=O) groups excluding carboxylic acids is 1. The summed E-state index contributed by atoms with van der Waals surface area (Å²) in [4.78, 5) is 14.3. The van der Waals surface area contributed by atoms with Crippen LogP contribution in [0.2, 0.25) is 0 Å². The molecule has 0 amide bonds. The summed E-state index contributed by atoms with van der Waals surface area (Å²) in [5.74, 6) is 0.337. The number of benzene rings is 2. The van der Waals surface area contributed by atoms with E-state index in [1.54, 1.807) is 0 Å². The normalized spacial score (nSPS) is 15.9.